The van der Waals surface area contributed by atoms with Crippen LogP contribution in [0.3, 0.4) is 0 Å². The Bertz CT molecular complexity index is 484. The number of hydrogen-bond acceptors (Lipinski definition) is 2. The number of benzene rings is 1. The summed E-state index contributed by atoms with van der Waals surface area (Å²) in [7, 11) is 2.32. The van der Waals surface area contributed by atoms with Gasteiger partial charge in [-0.2, -0.15) is 0 Å². The van der Waals surface area contributed by atoms with E-state index in [4.69, 9.17) is 5.73 Å². The molecule has 5 unspecified atom stereocenters. The summed E-state index contributed by atoms with van der Waals surface area (Å²) in [6.07, 6.45) is 6.70. The van der Waals surface area contributed by atoms with Crippen LogP contribution in [0.5, 0.6) is 0 Å². The average molecular weight is 286 g/mol. The largest absolute Gasteiger partial charge is 0.323 e. The van der Waals surface area contributed by atoms with Crippen LogP contribution in [0.4, 0.5) is 0 Å². The summed E-state index contributed by atoms with van der Waals surface area (Å²) in [4.78, 5) is 2.63. The monoisotopic (exact) mass is 286 g/mol. The molecule has 5 atom stereocenters. The lowest BCUT2D eigenvalue weighted by molar-refractivity contribution is 0.0717. The smallest absolute Gasteiger partial charge is 0.0456 e. The first-order valence-electron chi connectivity index (χ1n) is 8.66. The molecule has 1 saturated carbocycles. The number of nitrogens with zero attached hydrogens (tertiary/aromatic N) is 1. The van der Waals surface area contributed by atoms with E-state index in [1.165, 1.54) is 43.2 Å². The van der Waals surface area contributed by atoms with Gasteiger partial charge in [0.25, 0.3) is 0 Å². The summed E-state index contributed by atoms with van der Waals surface area (Å²) in [5, 5.41) is 0. The fourth-order valence-electron chi connectivity index (χ4n) is 4.67. The Labute approximate surface area is 129 Å². The fraction of sp³-hybridized carbons (Fsp3) is 0.684. The van der Waals surface area contributed by atoms with E-state index in [0.717, 1.165) is 5.92 Å². The summed E-state index contributed by atoms with van der Waals surface area (Å²) in [6.45, 7) is 4.78. The van der Waals surface area contributed by atoms with E-state index in [0.29, 0.717) is 18.0 Å². The quantitative estimate of drug-likeness (QED) is 0.888. The molecule has 0 saturated heterocycles. The Kier molecular flexibility index (Phi) is 4.37. The van der Waals surface area contributed by atoms with Crippen molar-refractivity contribution in [3.8, 4) is 0 Å². The zero-order chi connectivity index (χ0) is 15.0. The van der Waals surface area contributed by atoms with Gasteiger partial charge in [0.05, 0.1) is 0 Å². The summed E-state index contributed by atoms with van der Waals surface area (Å²) in [5.41, 5.74) is 9.50. The normalized spacial score (nSPS) is 36.5. The highest BCUT2D eigenvalue weighted by Crippen LogP contribution is 2.40. The van der Waals surface area contributed by atoms with Crippen LogP contribution in [-0.2, 0) is 0 Å². The Hall–Kier alpha value is -0.860. The van der Waals surface area contributed by atoms with Crippen molar-refractivity contribution in [2.45, 2.75) is 70.0 Å². The van der Waals surface area contributed by atoms with Crippen LogP contribution in [0, 0.1) is 5.92 Å². The first kappa shape index (κ1) is 15.1. The molecule has 0 radical (unpaired) electrons. The first-order chi connectivity index (χ1) is 10.1. The summed E-state index contributed by atoms with van der Waals surface area (Å²) in [5.74, 6) is 1.43. The SMILES string of the molecule is CC1CC(N(C)C2CCCCC2C)C(N)c2ccccc21. The van der Waals surface area contributed by atoms with Crippen LogP contribution in [0.25, 0.3) is 0 Å². The lowest BCUT2D eigenvalue weighted by atomic mass is 9.76. The van der Waals surface area contributed by atoms with Crippen molar-refractivity contribution in [1.82, 2.24) is 4.90 Å². The van der Waals surface area contributed by atoms with Crippen LogP contribution in [0.2, 0.25) is 0 Å². The Morgan fingerprint density at radius 1 is 1.00 bits per heavy atom. The highest BCUT2D eigenvalue weighted by Gasteiger charge is 2.37. The van der Waals surface area contributed by atoms with Crippen LogP contribution in [0.1, 0.15) is 69.0 Å². The molecule has 2 aliphatic rings. The third-order valence-corrected chi connectivity index (χ3v) is 6.01. The van der Waals surface area contributed by atoms with Gasteiger partial charge in [-0.05, 0) is 49.3 Å². The number of rotatable bonds is 2. The van der Waals surface area contributed by atoms with E-state index in [9.17, 15) is 0 Å². The first-order valence-corrected chi connectivity index (χ1v) is 8.66. The van der Waals surface area contributed by atoms with Crippen molar-refractivity contribution < 1.29 is 0 Å². The van der Waals surface area contributed by atoms with Gasteiger partial charge in [0.2, 0.25) is 0 Å². The predicted molar refractivity (Wildman–Crippen MR) is 89.4 cm³/mol. The van der Waals surface area contributed by atoms with Crippen LogP contribution in [-0.4, -0.2) is 24.0 Å². The van der Waals surface area contributed by atoms with Crippen LogP contribution in [0.15, 0.2) is 24.3 Å². The molecule has 1 aromatic carbocycles. The molecule has 0 heterocycles. The highest BCUT2D eigenvalue weighted by molar-refractivity contribution is 5.36. The maximum atomic E-state index is 6.66. The lowest BCUT2D eigenvalue weighted by Gasteiger charge is -2.46. The number of likely N-dealkylation sites (N-methyl/N-ethyl adjacent to an activating group) is 1. The molecule has 2 N–H and O–H groups in total. The van der Waals surface area contributed by atoms with E-state index in [-0.39, 0.29) is 6.04 Å². The minimum Gasteiger partial charge on any atom is -0.323 e. The van der Waals surface area contributed by atoms with Crippen LogP contribution < -0.4 is 5.73 Å². The van der Waals surface area contributed by atoms with Crippen LogP contribution >= 0.6 is 0 Å². The molecule has 0 spiro atoms. The second kappa shape index (κ2) is 6.10. The zero-order valence-corrected chi connectivity index (χ0v) is 13.8. The standard InChI is InChI=1S/C19H30N2/c1-13-8-4-7-11-17(13)21(3)18-12-14(2)15-9-5-6-10-16(15)19(18)20/h5-6,9-10,13-14,17-19H,4,7-8,11-12,20H2,1-3H3. The topological polar surface area (TPSA) is 29.3 Å². The number of nitrogens with two attached hydrogens (primary N) is 1. The molecule has 0 aromatic heterocycles. The van der Waals surface area contributed by atoms with E-state index in [1.807, 2.05) is 0 Å². The average Bonchev–Trinajstić information content (AvgIpc) is 2.51. The number of fused-ring (bicyclic) bond motifs is 1. The molecule has 2 heteroatoms. The summed E-state index contributed by atoms with van der Waals surface area (Å²) >= 11 is 0. The molecule has 2 aliphatic carbocycles. The molecule has 116 valence electrons. The Balaban J connectivity index is 1.83. The van der Waals surface area contributed by atoms with Crippen molar-refractivity contribution in [2.75, 3.05) is 7.05 Å². The van der Waals surface area contributed by atoms with Crippen molar-refractivity contribution in [1.29, 1.82) is 0 Å². The van der Waals surface area contributed by atoms with Gasteiger partial charge >= 0.3 is 0 Å². The summed E-state index contributed by atoms with van der Waals surface area (Å²) < 4.78 is 0. The van der Waals surface area contributed by atoms with Crippen molar-refractivity contribution >= 4 is 0 Å². The van der Waals surface area contributed by atoms with Gasteiger partial charge in [0.15, 0.2) is 0 Å². The van der Waals surface area contributed by atoms with Gasteiger partial charge in [-0.15, -0.1) is 0 Å². The molecular weight excluding hydrogens is 256 g/mol. The highest BCUT2D eigenvalue weighted by atomic mass is 15.2. The van der Waals surface area contributed by atoms with Gasteiger partial charge in [0.1, 0.15) is 0 Å². The Morgan fingerprint density at radius 3 is 2.38 bits per heavy atom. The second-order valence-electron chi connectivity index (χ2n) is 7.35. The minimum atomic E-state index is 0.163. The van der Waals surface area contributed by atoms with E-state index in [1.54, 1.807) is 0 Å². The third-order valence-electron chi connectivity index (χ3n) is 6.01. The van der Waals surface area contributed by atoms with Gasteiger partial charge in [-0.3, -0.25) is 4.90 Å². The Morgan fingerprint density at radius 2 is 1.67 bits per heavy atom. The van der Waals surface area contributed by atoms with E-state index in [2.05, 4.69) is 50.1 Å². The van der Waals surface area contributed by atoms with E-state index < -0.39 is 0 Å². The maximum absolute atomic E-state index is 6.66. The second-order valence-corrected chi connectivity index (χ2v) is 7.35. The molecule has 0 amide bonds. The zero-order valence-electron chi connectivity index (χ0n) is 13.8. The van der Waals surface area contributed by atoms with Gasteiger partial charge < -0.3 is 5.73 Å². The fourth-order valence-corrected chi connectivity index (χ4v) is 4.67. The molecule has 0 bridgehead atoms. The minimum absolute atomic E-state index is 0.163. The van der Waals surface area contributed by atoms with Gasteiger partial charge in [0, 0.05) is 18.1 Å². The van der Waals surface area contributed by atoms with Crippen molar-refractivity contribution in [2.24, 2.45) is 11.7 Å². The predicted octanol–water partition coefficient (Wildman–Crippen LogP) is 4.07. The van der Waals surface area contributed by atoms with Crippen molar-refractivity contribution in [3.63, 3.8) is 0 Å². The molecule has 2 nitrogen and oxygen atoms in total. The van der Waals surface area contributed by atoms with Crippen molar-refractivity contribution in [3.05, 3.63) is 35.4 Å². The molecule has 21 heavy (non-hydrogen) atoms. The van der Waals surface area contributed by atoms with Gasteiger partial charge in [-0.1, -0.05) is 51.0 Å². The third kappa shape index (κ3) is 2.76. The molecule has 1 aromatic rings. The molecule has 1 fully saturated rings. The maximum Gasteiger partial charge on any atom is 0.0456 e. The van der Waals surface area contributed by atoms with Gasteiger partial charge in [-0.25, -0.2) is 0 Å². The summed E-state index contributed by atoms with van der Waals surface area (Å²) in [6, 6.07) is 10.1. The van der Waals surface area contributed by atoms with E-state index >= 15 is 0 Å². The molecular formula is C19H30N2. The number of hydrogen-bond donors (Lipinski definition) is 1. The lowest BCUT2D eigenvalue weighted by Crippen LogP contribution is -2.51. The molecule has 0 aliphatic heterocycles. The molecule has 3 rings (SSSR count).